The van der Waals surface area contributed by atoms with E-state index < -0.39 is 17.4 Å². The molecule has 5 heteroatoms. The minimum atomic E-state index is -1.16. The van der Waals surface area contributed by atoms with Crippen molar-refractivity contribution < 1.29 is 14.3 Å². The Hall–Kier alpha value is -1.78. The molecule has 0 spiro atoms. The number of nitrogens with zero attached hydrogens (tertiary/aromatic N) is 1. The SMILES string of the molecule is CC(C)(C)N(C(=O)O)c1cccc(F)c1N. The third-order valence-electron chi connectivity index (χ3n) is 2.13. The van der Waals surface area contributed by atoms with E-state index in [2.05, 4.69) is 0 Å². The second-order valence-corrected chi connectivity index (χ2v) is 4.46. The van der Waals surface area contributed by atoms with E-state index in [4.69, 9.17) is 10.8 Å². The van der Waals surface area contributed by atoms with E-state index in [1.165, 1.54) is 18.2 Å². The lowest BCUT2D eigenvalue weighted by molar-refractivity contribution is 0.195. The molecule has 0 fully saturated rings. The van der Waals surface area contributed by atoms with Crippen molar-refractivity contribution in [2.45, 2.75) is 26.3 Å². The van der Waals surface area contributed by atoms with E-state index >= 15 is 0 Å². The molecule has 1 amide bonds. The summed E-state index contributed by atoms with van der Waals surface area (Å²) in [5.74, 6) is -0.618. The molecule has 0 saturated carbocycles. The summed E-state index contributed by atoms with van der Waals surface area (Å²) in [6.07, 6.45) is -1.16. The van der Waals surface area contributed by atoms with Crippen molar-refractivity contribution in [2.75, 3.05) is 10.6 Å². The number of hydrogen-bond acceptors (Lipinski definition) is 2. The third-order valence-corrected chi connectivity index (χ3v) is 2.13. The quantitative estimate of drug-likeness (QED) is 0.723. The number of carboxylic acid groups (broad SMARTS) is 1. The normalized spacial score (nSPS) is 11.2. The molecule has 1 aromatic carbocycles. The average molecular weight is 226 g/mol. The highest BCUT2D eigenvalue weighted by atomic mass is 19.1. The first-order valence-corrected chi connectivity index (χ1v) is 4.82. The van der Waals surface area contributed by atoms with Gasteiger partial charge < -0.3 is 10.8 Å². The number of nitrogen functional groups attached to an aromatic ring is 1. The zero-order chi connectivity index (χ0) is 12.5. The lowest BCUT2D eigenvalue weighted by Gasteiger charge is -2.33. The Labute approximate surface area is 93.5 Å². The topological polar surface area (TPSA) is 66.6 Å². The molecule has 0 heterocycles. The van der Waals surface area contributed by atoms with Crippen LogP contribution in [0.25, 0.3) is 0 Å². The molecular weight excluding hydrogens is 211 g/mol. The monoisotopic (exact) mass is 226 g/mol. The molecule has 1 rings (SSSR count). The van der Waals surface area contributed by atoms with Gasteiger partial charge in [-0.15, -0.1) is 0 Å². The first-order chi connectivity index (χ1) is 7.25. The van der Waals surface area contributed by atoms with Crippen molar-refractivity contribution >= 4 is 17.5 Å². The van der Waals surface area contributed by atoms with E-state index in [-0.39, 0.29) is 11.4 Å². The summed E-state index contributed by atoms with van der Waals surface area (Å²) in [6, 6.07) is 4.11. The largest absolute Gasteiger partial charge is 0.465 e. The van der Waals surface area contributed by atoms with E-state index in [1.807, 2.05) is 0 Å². The summed E-state index contributed by atoms with van der Waals surface area (Å²) in [5, 5.41) is 9.13. The predicted molar refractivity (Wildman–Crippen MR) is 61.1 cm³/mol. The molecule has 16 heavy (non-hydrogen) atoms. The maximum atomic E-state index is 13.2. The van der Waals surface area contributed by atoms with Crippen molar-refractivity contribution in [3.8, 4) is 0 Å². The van der Waals surface area contributed by atoms with Crippen LogP contribution in [0, 0.1) is 5.82 Å². The second kappa shape index (κ2) is 4.00. The third kappa shape index (κ3) is 2.24. The van der Waals surface area contributed by atoms with Gasteiger partial charge in [0.1, 0.15) is 5.82 Å². The van der Waals surface area contributed by atoms with Gasteiger partial charge in [-0.25, -0.2) is 9.18 Å². The summed E-state index contributed by atoms with van der Waals surface area (Å²) in [6.45, 7) is 5.14. The fraction of sp³-hybridized carbons (Fsp3) is 0.364. The van der Waals surface area contributed by atoms with Gasteiger partial charge in [-0.05, 0) is 32.9 Å². The van der Waals surface area contributed by atoms with Crippen molar-refractivity contribution in [3.63, 3.8) is 0 Å². The summed E-state index contributed by atoms with van der Waals surface area (Å²) >= 11 is 0. The first-order valence-electron chi connectivity index (χ1n) is 4.82. The highest BCUT2D eigenvalue weighted by Gasteiger charge is 2.29. The molecule has 0 unspecified atom stereocenters. The van der Waals surface area contributed by atoms with E-state index in [0.29, 0.717) is 0 Å². The number of halogens is 1. The van der Waals surface area contributed by atoms with E-state index in [0.717, 1.165) is 4.90 Å². The second-order valence-electron chi connectivity index (χ2n) is 4.46. The van der Waals surface area contributed by atoms with Crippen LogP contribution in [0.2, 0.25) is 0 Å². The summed E-state index contributed by atoms with van der Waals surface area (Å²) < 4.78 is 13.2. The number of para-hydroxylation sites is 1. The van der Waals surface area contributed by atoms with Gasteiger partial charge in [-0.3, -0.25) is 4.90 Å². The molecule has 3 N–H and O–H groups in total. The molecule has 0 saturated heterocycles. The summed E-state index contributed by atoms with van der Waals surface area (Å²) in [5.41, 5.74) is 4.86. The van der Waals surface area contributed by atoms with Crippen molar-refractivity contribution in [2.24, 2.45) is 0 Å². The fourth-order valence-electron chi connectivity index (χ4n) is 1.47. The number of anilines is 2. The Kier molecular flexibility index (Phi) is 3.07. The van der Waals surface area contributed by atoms with Gasteiger partial charge in [0.05, 0.1) is 11.4 Å². The highest BCUT2D eigenvalue weighted by molar-refractivity contribution is 5.91. The van der Waals surface area contributed by atoms with Crippen molar-refractivity contribution in [1.29, 1.82) is 0 Å². The molecular formula is C11H15FN2O2. The van der Waals surface area contributed by atoms with Crippen LogP contribution in [0.15, 0.2) is 18.2 Å². The molecule has 1 aromatic rings. The molecule has 0 aliphatic heterocycles. The smallest absolute Gasteiger partial charge is 0.412 e. The van der Waals surface area contributed by atoms with Crippen molar-refractivity contribution in [1.82, 2.24) is 0 Å². The van der Waals surface area contributed by atoms with Crippen LogP contribution in [-0.2, 0) is 0 Å². The van der Waals surface area contributed by atoms with Gasteiger partial charge in [0.2, 0.25) is 0 Å². The zero-order valence-electron chi connectivity index (χ0n) is 9.49. The Morgan fingerprint density at radius 2 is 2.00 bits per heavy atom. The molecule has 4 nitrogen and oxygen atoms in total. The summed E-state index contributed by atoms with van der Waals surface area (Å²) in [7, 11) is 0. The predicted octanol–water partition coefficient (Wildman–Crippen LogP) is 2.69. The molecule has 88 valence electrons. The molecule has 0 aliphatic carbocycles. The molecule has 0 atom stereocenters. The lowest BCUT2D eigenvalue weighted by Crippen LogP contribution is -2.45. The van der Waals surface area contributed by atoms with Crippen LogP contribution in [0.3, 0.4) is 0 Å². The summed E-state index contributed by atoms with van der Waals surface area (Å²) in [4.78, 5) is 12.2. The maximum absolute atomic E-state index is 13.2. The van der Waals surface area contributed by atoms with Gasteiger partial charge in [-0.1, -0.05) is 6.07 Å². The Bertz CT molecular complexity index is 413. The molecule has 0 bridgehead atoms. The number of nitrogens with two attached hydrogens (primary N) is 1. The van der Waals surface area contributed by atoms with Crippen LogP contribution in [0.5, 0.6) is 0 Å². The van der Waals surface area contributed by atoms with Gasteiger partial charge in [-0.2, -0.15) is 0 Å². The number of hydrogen-bond donors (Lipinski definition) is 2. The Balaban J connectivity index is 3.33. The fourth-order valence-corrected chi connectivity index (χ4v) is 1.47. The average Bonchev–Trinajstić information content (AvgIpc) is 2.09. The zero-order valence-corrected chi connectivity index (χ0v) is 9.49. The number of carbonyl (C=O) groups is 1. The van der Waals surface area contributed by atoms with Crippen LogP contribution >= 0.6 is 0 Å². The Morgan fingerprint density at radius 1 is 1.44 bits per heavy atom. The standard InChI is InChI=1S/C11H15FN2O2/c1-11(2,3)14(10(15)16)8-6-4-5-7(12)9(8)13/h4-6H,13H2,1-3H3,(H,15,16). The van der Waals surface area contributed by atoms with Crippen LogP contribution < -0.4 is 10.6 Å². The van der Waals surface area contributed by atoms with Crippen LogP contribution in [0.1, 0.15) is 20.8 Å². The lowest BCUT2D eigenvalue weighted by atomic mass is 10.0. The maximum Gasteiger partial charge on any atom is 0.412 e. The number of benzene rings is 1. The first kappa shape index (κ1) is 12.3. The Morgan fingerprint density at radius 3 is 2.44 bits per heavy atom. The minimum Gasteiger partial charge on any atom is -0.465 e. The molecule has 0 aliphatic rings. The van der Waals surface area contributed by atoms with Gasteiger partial charge in [0, 0.05) is 5.54 Å². The number of amides is 1. The molecule has 0 radical (unpaired) electrons. The molecule has 0 aromatic heterocycles. The van der Waals surface area contributed by atoms with Crippen LogP contribution in [0.4, 0.5) is 20.6 Å². The van der Waals surface area contributed by atoms with Gasteiger partial charge in [0.25, 0.3) is 0 Å². The minimum absolute atomic E-state index is 0.153. The highest BCUT2D eigenvalue weighted by Crippen LogP contribution is 2.30. The van der Waals surface area contributed by atoms with E-state index in [1.54, 1.807) is 20.8 Å². The van der Waals surface area contributed by atoms with E-state index in [9.17, 15) is 9.18 Å². The van der Waals surface area contributed by atoms with Gasteiger partial charge in [0.15, 0.2) is 0 Å². The number of rotatable bonds is 1. The van der Waals surface area contributed by atoms with Gasteiger partial charge >= 0.3 is 6.09 Å². The van der Waals surface area contributed by atoms with Crippen LogP contribution in [-0.4, -0.2) is 16.7 Å². The van der Waals surface area contributed by atoms with Crippen molar-refractivity contribution in [3.05, 3.63) is 24.0 Å².